The van der Waals surface area contributed by atoms with Crippen molar-refractivity contribution in [2.24, 2.45) is 0 Å². The molecule has 0 bridgehead atoms. The molecule has 0 unspecified atom stereocenters. The Morgan fingerprint density at radius 3 is 2.00 bits per heavy atom. The molecule has 0 aliphatic carbocycles. The summed E-state index contributed by atoms with van der Waals surface area (Å²) in [4.78, 5) is 0. The fourth-order valence-electron chi connectivity index (χ4n) is 1.38. The summed E-state index contributed by atoms with van der Waals surface area (Å²) >= 11 is 2.76. The van der Waals surface area contributed by atoms with Crippen molar-refractivity contribution >= 4 is 20.7 Å². The van der Waals surface area contributed by atoms with Gasteiger partial charge in [0, 0.05) is 0 Å². The third-order valence-electron chi connectivity index (χ3n) is 2.05. The van der Waals surface area contributed by atoms with Gasteiger partial charge < -0.3 is 0 Å². The molecule has 0 saturated heterocycles. The summed E-state index contributed by atoms with van der Waals surface area (Å²) in [5.41, 5.74) is 2.56. The van der Waals surface area contributed by atoms with E-state index in [1.54, 1.807) is 0 Å². The average molecular weight is 180 g/mol. The summed E-state index contributed by atoms with van der Waals surface area (Å²) in [7, 11) is 0. The van der Waals surface area contributed by atoms with Crippen LogP contribution in [0.3, 0.4) is 0 Å². The first-order chi connectivity index (χ1) is 6.38. The van der Waals surface area contributed by atoms with Gasteiger partial charge in [0.05, 0.1) is 0 Å². The molecular formula is C12H9Al. The van der Waals surface area contributed by atoms with Crippen LogP contribution < -0.4 is 4.43 Å². The zero-order chi connectivity index (χ0) is 9.10. The molecule has 2 aromatic rings. The number of rotatable bonds is 1. The predicted molar refractivity (Wildman–Crippen MR) is 57.3 cm³/mol. The van der Waals surface area contributed by atoms with E-state index in [1.165, 1.54) is 15.6 Å². The Hall–Kier alpha value is -1.03. The van der Waals surface area contributed by atoms with Gasteiger partial charge in [0.25, 0.3) is 0 Å². The summed E-state index contributed by atoms with van der Waals surface area (Å²) in [6, 6.07) is 18.8. The molecule has 13 heavy (non-hydrogen) atoms. The molecule has 0 aliphatic heterocycles. The first-order valence-electron chi connectivity index (χ1n) is 4.28. The summed E-state index contributed by atoms with van der Waals surface area (Å²) in [6.07, 6.45) is 0. The minimum atomic E-state index is 1.24. The van der Waals surface area contributed by atoms with E-state index >= 15 is 0 Å². The zero-order valence-electron chi connectivity index (χ0n) is 7.27. The standard InChI is InChI=1S/C12H9.Al/c1-3-7-11(8-4-1)12-9-5-2-6-10-12;/h1-9H;. The zero-order valence-corrected chi connectivity index (χ0v) is 8.43. The van der Waals surface area contributed by atoms with Crippen LogP contribution in [0.2, 0.25) is 0 Å². The minimum absolute atomic E-state index is 1.24. The molecular weight excluding hydrogens is 171 g/mol. The normalized spacial score (nSPS) is 9.85. The van der Waals surface area contributed by atoms with Gasteiger partial charge in [0.15, 0.2) is 16.3 Å². The second-order valence-electron chi connectivity index (χ2n) is 2.95. The summed E-state index contributed by atoms with van der Waals surface area (Å²) in [5.74, 6) is 0. The molecule has 0 heterocycles. The largest absolute Gasteiger partial charge is 0.176 e. The van der Waals surface area contributed by atoms with Crippen LogP contribution in [-0.4, -0.2) is 16.3 Å². The quantitative estimate of drug-likeness (QED) is 0.590. The molecule has 0 aliphatic rings. The second-order valence-corrected chi connectivity index (χ2v) is 3.58. The molecule has 1 heteroatoms. The van der Waals surface area contributed by atoms with Crippen LogP contribution in [0.1, 0.15) is 0 Å². The lowest BCUT2D eigenvalue weighted by atomic mass is 10.1. The monoisotopic (exact) mass is 180 g/mol. The van der Waals surface area contributed by atoms with E-state index in [2.05, 4.69) is 64.8 Å². The summed E-state index contributed by atoms with van der Waals surface area (Å²) < 4.78 is 1.24. The first-order valence-corrected chi connectivity index (χ1v) is 4.85. The summed E-state index contributed by atoms with van der Waals surface area (Å²) in [5, 5.41) is 0. The Labute approximate surface area is 86.7 Å². The van der Waals surface area contributed by atoms with Crippen LogP contribution in [0.4, 0.5) is 0 Å². The molecule has 0 aromatic heterocycles. The first kappa shape index (κ1) is 8.57. The van der Waals surface area contributed by atoms with Gasteiger partial charge in [-0.1, -0.05) is 54.6 Å². The molecule has 2 rings (SSSR count). The average Bonchev–Trinajstić information content (AvgIpc) is 2.20. The molecule has 2 radical (unpaired) electrons. The van der Waals surface area contributed by atoms with Crippen molar-refractivity contribution in [1.82, 2.24) is 0 Å². The lowest BCUT2D eigenvalue weighted by molar-refractivity contribution is 1.65. The van der Waals surface area contributed by atoms with Gasteiger partial charge in [-0.05, 0) is 11.1 Å². The Bertz CT molecular complexity index is 393. The maximum absolute atomic E-state index is 2.76. The highest BCUT2D eigenvalue weighted by atomic mass is 27.0. The van der Waals surface area contributed by atoms with E-state index < -0.39 is 0 Å². The third kappa shape index (κ3) is 1.83. The topological polar surface area (TPSA) is 0 Å². The molecule has 0 atom stereocenters. The number of hydrogen-bond donors (Lipinski definition) is 0. The SMILES string of the molecule is [Al][c]1ccccc1-c1ccccc1. The van der Waals surface area contributed by atoms with Crippen LogP contribution in [0.15, 0.2) is 54.6 Å². The van der Waals surface area contributed by atoms with Gasteiger partial charge in [-0.15, -0.1) is 4.43 Å². The molecule has 60 valence electrons. The lowest BCUT2D eigenvalue weighted by Crippen LogP contribution is -2.04. The fourth-order valence-corrected chi connectivity index (χ4v) is 1.75. The Kier molecular flexibility index (Phi) is 2.50. The Morgan fingerprint density at radius 1 is 0.692 bits per heavy atom. The van der Waals surface area contributed by atoms with Gasteiger partial charge in [-0.2, -0.15) is 0 Å². The van der Waals surface area contributed by atoms with E-state index in [9.17, 15) is 0 Å². The molecule has 0 spiro atoms. The van der Waals surface area contributed by atoms with Gasteiger partial charge in [-0.3, -0.25) is 0 Å². The van der Waals surface area contributed by atoms with Crippen molar-refractivity contribution < 1.29 is 0 Å². The van der Waals surface area contributed by atoms with Crippen LogP contribution in [-0.2, 0) is 0 Å². The van der Waals surface area contributed by atoms with Crippen molar-refractivity contribution in [3.05, 3.63) is 54.6 Å². The Balaban J connectivity index is 2.54. The van der Waals surface area contributed by atoms with Gasteiger partial charge in [0.1, 0.15) is 0 Å². The van der Waals surface area contributed by atoms with Crippen molar-refractivity contribution in [2.45, 2.75) is 0 Å². The van der Waals surface area contributed by atoms with Crippen LogP contribution in [0.25, 0.3) is 11.1 Å². The van der Waals surface area contributed by atoms with Crippen molar-refractivity contribution in [1.29, 1.82) is 0 Å². The molecule has 0 saturated carbocycles. The smallest absolute Gasteiger partial charge is 0.131 e. The van der Waals surface area contributed by atoms with E-state index in [1.807, 2.05) is 6.07 Å². The molecule has 0 fully saturated rings. The number of hydrogen-bond acceptors (Lipinski definition) is 0. The summed E-state index contributed by atoms with van der Waals surface area (Å²) in [6.45, 7) is 0. The highest BCUT2D eigenvalue weighted by Crippen LogP contribution is 2.15. The number of benzene rings is 2. The molecule has 0 nitrogen and oxygen atoms in total. The maximum atomic E-state index is 2.76. The van der Waals surface area contributed by atoms with Crippen molar-refractivity contribution in [3.8, 4) is 11.1 Å². The van der Waals surface area contributed by atoms with E-state index in [0.29, 0.717) is 0 Å². The third-order valence-corrected chi connectivity index (χ3v) is 2.55. The molecule has 0 N–H and O–H groups in total. The minimum Gasteiger partial charge on any atom is -0.131 e. The van der Waals surface area contributed by atoms with Gasteiger partial charge in [-0.25, -0.2) is 0 Å². The second kappa shape index (κ2) is 3.79. The fraction of sp³-hybridized carbons (Fsp3) is 0. The van der Waals surface area contributed by atoms with Crippen molar-refractivity contribution in [2.75, 3.05) is 0 Å². The van der Waals surface area contributed by atoms with Crippen LogP contribution in [0, 0.1) is 0 Å². The Morgan fingerprint density at radius 2 is 1.31 bits per heavy atom. The highest BCUT2D eigenvalue weighted by Gasteiger charge is 1.96. The predicted octanol–water partition coefficient (Wildman–Crippen LogP) is 2.15. The van der Waals surface area contributed by atoms with Gasteiger partial charge >= 0.3 is 0 Å². The van der Waals surface area contributed by atoms with E-state index in [4.69, 9.17) is 0 Å². The maximum Gasteiger partial charge on any atom is 0.176 e. The van der Waals surface area contributed by atoms with Gasteiger partial charge in [0.2, 0.25) is 0 Å². The highest BCUT2D eigenvalue weighted by molar-refractivity contribution is 6.35. The van der Waals surface area contributed by atoms with Crippen LogP contribution in [0.5, 0.6) is 0 Å². The molecule has 0 amide bonds. The van der Waals surface area contributed by atoms with E-state index in [-0.39, 0.29) is 0 Å². The van der Waals surface area contributed by atoms with E-state index in [0.717, 1.165) is 0 Å². The van der Waals surface area contributed by atoms with Crippen molar-refractivity contribution in [3.63, 3.8) is 0 Å². The van der Waals surface area contributed by atoms with Crippen LogP contribution >= 0.6 is 0 Å². The molecule has 2 aromatic carbocycles. The lowest BCUT2D eigenvalue weighted by Gasteiger charge is -2.05.